The summed E-state index contributed by atoms with van der Waals surface area (Å²) in [6.45, 7) is 0. The molecular weight excluding hydrogens is 262 g/mol. The molecule has 0 aromatic heterocycles. The highest BCUT2D eigenvalue weighted by molar-refractivity contribution is 7.92. The zero-order valence-corrected chi connectivity index (χ0v) is 10.5. The fraction of sp³-hybridized carbons (Fsp3) is 0.500. The van der Waals surface area contributed by atoms with Crippen molar-refractivity contribution in [3.8, 4) is 0 Å². The molecule has 6 heteroatoms. The molecule has 0 saturated carbocycles. The average Bonchev–Trinajstić information content (AvgIpc) is 2.27. The van der Waals surface area contributed by atoms with Gasteiger partial charge in [-0.3, -0.25) is 0 Å². The van der Waals surface area contributed by atoms with E-state index in [0.717, 1.165) is 12.1 Å². The van der Waals surface area contributed by atoms with Crippen LogP contribution in [-0.2, 0) is 9.84 Å². The van der Waals surface area contributed by atoms with Crippen molar-refractivity contribution in [1.82, 2.24) is 0 Å². The molecule has 2 atom stereocenters. The molecule has 2 rings (SSSR count). The zero-order chi connectivity index (χ0) is 13.3. The molecule has 100 valence electrons. The van der Waals surface area contributed by atoms with Gasteiger partial charge >= 0.3 is 0 Å². The van der Waals surface area contributed by atoms with Gasteiger partial charge in [0.1, 0.15) is 17.7 Å². The summed E-state index contributed by atoms with van der Waals surface area (Å²) in [6, 6.07) is 3.20. The molecule has 3 nitrogen and oxygen atoms in total. The van der Waals surface area contributed by atoms with Crippen LogP contribution in [0.1, 0.15) is 30.9 Å². The molecule has 0 aliphatic carbocycles. The van der Waals surface area contributed by atoms with Crippen LogP contribution in [0.3, 0.4) is 0 Å². The van der Waals surface area contributed by atoms with Gasteiger partial charge in [-0.1, -0.05) is 12.5 Å². The normalized spacial score (nSPS) is 24.7. The number of sulfone groups is 1. The maximum absolute atomic E-state index is 13.5. The van der Waals surface area contributed by atoms with E-state index in [9.17, 15) is 22.3 Å². The molecule has 1 aliphatic rings. The van der Waals surface area contributed by atoms with Crippen LogP contribution < -0.4 is 0 Å². The second-order valence-corrected chi connectivity index (χ2v) is 6.82. The molecule has 0 amide bonds. The summed E-state index contributed by atoms with van der Waals surface area (Å²) in [5, 5.41) is 8.87. The van der Waals surface area contributed by atoms with Gasteiger partial charge in [0.05, 0.1) is 16.6 Å². The van der Waals surface area contributed by atoms with Crippen molar-refractivity contribution in [3.05, 3.63) is 35.4 Å². The molecule has 1 aromatic carbocycles. The van der Waals surface area contributed by atoms with Crippen LogP contribution in [0.4, 0.5) is 8.78 Å². The first-order chi connectivity index (χ1) is 8.43. The SMILES string of the molecule is O=S1(=O)CCCCC1C(O)c1c(F)cccc1F. The Balaban J connectivity index is 2.39. The van der Waals surface area contributed by atoms with E-state index >= 15 is 0 Å². The van der Waals surface area contributed by atoms with E-state index in [1.165, 1.54) is 6.07 Å². The lowest BCUT2D eigenvalue weighted by atomic mass is 10.0. The number of rotatable bonds is 2. The van der Waals surface area contributed by atoms with Crippen molar-refractivity contribution >= 4 is 9.84 Å². The number of halogens is 2. The smallest absolute Gasteiger partial charge is 0.156 e. The van der Waals surface area contributed by atoms with Gasteiger partial charge < -0.3 is 5.11 Å². The van der Waals surface area contributed by atoms with E-state index in [0.29, 0.717) is 12.8 Å². The van der Waals surface area contributed by atoms with Gasteiger partial charge in [0.15, 0.2) is 9.84 Å². The Kier molecular flexibility index (Phi) is 3.68. The van der Waals surface area contributed by atoms with Gasteiger partial charge in [-0.15, -0.1) is 0 Å². The first-order valence-electron chi connectivity index (χ1n) is 5.77. The quantitative estimate of drug-likeness (QED) is 0.898. The van der Waals surface area contributed by atoms with Gasteiger partial charge in [-0.2, -0.15) is 0 Å². The lowest BCUT2D eigenvalue weighted by Crippen LogP contribution is -2.34. The van der Waals surface area contributed by atoms with Crippen molar-refractivity contribution in [2.75, 3.05) is 5.75 Å². The van der Waals surface area contributed by atoms with E-state index < -0.39 is 38.4 Å². The van der Waals surface area contributed by atoms with Crippen LogP contribution in [0.2, 0.25) is 0 Å². The summed E-state index contributed by atoms with van der Waals surface area (Å²) in [5.74, 6) is -1.86. The van der Waals surface area contributed by atoms with Crippen molar-refractivity contribution in [3.63, 3.8) is 0 Å². The van der Waals surface area contributed by atoms with Crippen LogP contribution in [0.25, 0.3) is 0 Å². The van der Waals surface area contributed by atoms with Crippen LogP contribution in [0.5, 0.6) is 0 Å². The minimum atomic E-state index is -3.49. The van der Waals surface area contributed by atoms with Crippen molar-refractivity contribution in [1.29, 1.82) is 0 Å². The Morgan fingerprint density at radius 1 is 1.22 bits per heavy atom. The largest absolute Gasteiger partial charge is 0.387 e. The molecule has 1 aromatic rings. The highest BCUT2D eigenvalue weighted by Crippen LogP contribution is 2.32. The molecule has 1 saturated heterocycles. The van der Waals surface area contributed by atoms with Crippen molar-refractivity contribution < 1.29 is 22.3 Å². The number of hydrogen-bond donors (Lipinski definition) is 1. The second kappa shape index (κ2) is 4.93. The van der Waals surface area contributed by atoms with E-state index in [-0.39, 0.29) is 12.2 Å². The van der Waals surface area contributed by atoms with Gasteiger partial charge in [-0.05, 0) is 25.0 Å². The Hall–Kier alpha value is -1.01. The van der Waals surface area contributed by atoms with E-state index in [1.54, 1.807) is 0 Å². The summed E-state index contributed by atoms with van der Waals surface area (Å²) in [7, 11) is -3.49. The van der Waals surface area contributed by atoms with Gasteiger partial charge in [-0.25, -0.2) is 17.2 Å². The second-order valence-electron chi connectivity index (χ2n) is 4.48. The zero-order valence-electron chi connectivity index (χ0n) is 9.64. The molecule has 1 N–H and O–H groups in total. The molecule has 18 heavy (non-hydrogen) atoms. The van der Waals surface area contributed by atoms with Crippen LogP contribution in [0.15, 0.2) is 18.2 Å². The monoisotopic (exact) mass is 276 g/mol. The van der Waals surface area contributed by atoms with Gasteiger partial charge in [0, 0.05) is 0 Å². The summed E-state index contributed by atoms with van der Waals surface area (Å²) in [4.78, 5) is 0. The fourth-order valence-electron chi connectivity index (χ4n) is 2.31. The minimum absolute atomic E-state index is 0.0369. The first-order valence-corrected chi connectivity index (χ1v) is 7.48. The molecular formula is C12H14F2O3S. The Morgan fingerprint density at radius 2 is 1.83 bits per heavy atom. The van der Waals surface area contributed by atoms with Gasteiger partial charge in [0.2, 0.25) is 0 Å². The molecule has 1 fully saturated rings. The molecule has 1 heterocycles. The highest BCUT2D eigenvalue weighted by Gasteiger charge is 2.37. The van der Waals surface area contributed by atoms with Crippen LogP contribution in [-0.4, -0.2) is 24.5 Å². The summed E-state index contributed by atoms with van der Waals surface area (Å²) < 4.78 is 50.7. The number of benzene rings is 1. The van der Waals surface area contributed by atoms with Crippen LogP contribution >= 0.6 is 0 Å². The molecule has 0 radical (unpaired) electrons. The van der Waals surface area contributed by atoms with E-state index in [2.05, 4.69) is 0 Å². The maximum atomic E-state index is 13.5. The lowest BCUT2D eigenvalue weighted by Gasteiger charge is -2.27. The third kappa shape index (κ3) is 2.40. The summed E-state index contributed by atoms with van der Waals surface area (Å²) in [5.41, 5.74) is -0.548. The average molecular weight is 276 g/mol. The predicted molar refractivity (Wildman–Crippen MR) is 62.7 cm³/mol. The van der Waals surface area contributed by atoms with Gasteiger partial charge in [0.25, 0.3) is 0 Å². The first kappa shape index (κ1) is 13.4. The maximum Gasteiger partial charge on any atom is 0.156 e. The Labute approximate surface area is 104 Å². The Bertz CT molecular complexity index is 522. The molecule has 1 aliphatic heterocycles. The topological polar surface area (TPSA) is 54.4 Å². The number of aliphatic hydroxyl groups is 1. The standard InChI is InChI=1S/C12H14F2O3S/c13-8-4-3-5-9(14)11(8)12(15)10-6-1-2-7-18(10,16)17/h3-5,10,12,15H,1-2,6-7H2. The Morgan fingerprint density at radius 3 is 2.39 bits per heavy atom. The van der Waals surface area contributed by atoms with Crippen LogP contribution in [0, 0.1) is 11.6 Å². The van der Waals surface area contributed by atoms with E-state index in [1.807, 2.05) is 0 Å². The van der Waals surface area contributed by atoms with Crippen molar-refractivity contribution in [2.24, 2.45) is 0 Å². The molecule has 2 unspecified atom stereocenters. The molecule has 0 spiro atoms. The molecule has 0 bridgehead atoms. The lowest BCUT2D eigenvalue weighted by molar-refractivity contribution is 0.155. The van der Waals surface area contributed by atoms with E-state index in [4.69, 9.17) is 0 Å². The third-order valence-electron chi connectivity index (χ3n) is 3.28. The number of hydrogen-bond acceptors (Lipinski definition) is 3. The predicted octanol–water partition coefficient (Wildman–Crippen LogP) is 1.97. The third-order valence-corrected chi connectivity index (χ3v) is 5.55. The minimum Gasteiger partial charge on any atom is -0.387 e. The summed E-state index contributed by atoms with van der Waals surface area (Å²) in [6.07, 6.45) is -0.240. The highest BCUT2D eigenvalue weighted by atomic mass is 32.2. The summed E-state index contributed by atoms with van der Waals surface area (Å²) >= 11 is 0. The van der Waals surface area contributed by atoms with Crippen molar-refractivity contribution in [2.45, 2.75) is 30.6 Å². The number of aliphatic hydroxyl groups excluding tert-OH is 1. The fourth-order valence-corrected chi connectivity index (χ4v) is 4.28.